The molecule has 0 N–H and O–H groups in total. The predicted octanol–water partition coefficient (Wildman–Crippen LogP) is 3.15. The number of rotatable bonds is 5. The number of benzene rings is 1. The molecule has 1 aromatic carbocycles. The first-order valence-corrected chi connectivity index (χ1v) is 6.58. The molecule has 0 radical (unpaired) electrons. The third-order valence-electron chi connectivity index (χ3n) is 2.81. The van der Waals surface area contributed by atoms with Crippen molar-refractivity contribution in [1.29, 1.82) is 0 Å². The number of unbranched alkanes of at least 4 members (excludes halogenated alkanes) is 1. The van der Waals surface area contributed by atoms with Gasteiger partial charge in [-0.2, -0.15) is 0 Å². The number of hydrogen-bond acceptors (Lipinski definition) is 4. The van der Waals surface area contributed by atoms with Gasteiger partial charge in [-0.3, -0.25) is 0 Å². The van der Waals surface area contributed by atoms with E-state index in [4.69, 9.17) is 9.15 Å². The molecule has 0 unspecified atom stereocenters. The van der Waals surface area contributed by atoms with E-state index < -0.39 is 11.6 Å². The molecule has 4 nitrogen and oxygen atoms in total. The summed E-state index contributed by atoms with van der Waals surface area (Å²) in [5, 5.41) is 0.811. The zero-order valence-electron chi connectivity index (χ0n) is 11.3. The van der Waals surface area contributed by atoms with Crippen molar-refractivity contribution in [2.75, 3.05) is 6.61 Å². The van der Waals surface area contributed by atoms with Crippen LogP contribution in [0.15, 0.2) is 45.6 Å². The Morgan fingerprint density at radius 3 is 2.95 bits per heavy atom. The minimum Gasteiger partial charge on any atom is -0.463 e. The molecule has 0 bridgehead atoms. The maximum absolute atomic E-state index is 11.7. The molecule has 104 valence electrons. The minimum atomic E-state index is -0.471. The molecule has 0 aliphatic rings. The normalized spacial score (nSPS) is 11.1. The summed E-state index contributed by atoms with van der Waals surface area (Å²) in [6.07, 6.45) is 4.46. The lowest BCUT2D eigenvalue weighted by atomic mass is 10.2. The Labute approximate surface area is 116 Å². The highest BCUT2D eigenvalue weighted by Gasteiger charge is 2.03. The van der Waals surface area contributed by atoms with Crippen LogP contribution in [0.5, 0.6) is 0 Å². The van der Waals surface area contributed by atoms with E-state index >= 15 is 0 Å². The number of carbonyl (C=O) groups is 1. The SMILES string of the molecule is CCCCOC(=O)/C=C/c1cc2ccccc2oc1=O. The molecule has 0 fully saturated rings. The Morgan fingerprint density at radius 1 is 1.35 bits per heavy atom. The molecule has 0 atom stereocenters. The average Bonchev–Trinajstić information content (AvgIpc) is 2.45. The summed E-state index contributed by atoms with van der Waals surface area (Å²) >= 11 is 0. The zero-order valence-corrected chi connectivity index (χ0v) is 11.3. The molecule has 0 amide bonds. The molecular weight excluding hydrogens is 256 g/mol. The lowest BCUT2D eigenvalue weighted by Crippen LogP contribution is -2.05. The van der Waals surface area contributed by atoms with Crippen molar-refractivity contribution in [3.63, 3.8) is 0 Å². The van der Waals surface area contributed by atoms with Crippen molar-refractivity contribution >= 4 is 23.0 Å². The van der Waals surface area contributed by atoms with Crippen molar-refractivity contribution in [3.05, 3.63) is 52.4 Å². The van der Waals surface area contributed by atoms with Gasteiger partial charge in [-0.15, -0.1) is 0 Å². The number of carbonyl (C=O) groups excluding carboxylic acids is 1. The second-order valence-corrected chi connectivity index (χ2v) is 4.38. The number of ether oxygens (including phenoxy) is 1. The monoisotopic (exact) mass is 272 g/mol. The first-order chi connectivity index (χ1) is 9.70. The molecule has 0 spiro atoms. The van der Waals surface area contributed by atoms with Crippen molar-refractivity contribution in [2.24, 2.45) is 0 Å². The Hall–Kier alpha value is -2.36. The molecule has 4 heteroatoms. The number of esters is 1. The van der Waals surface area contributed by atoms with Gasteiger partial charge in [0.05, 0.1) is 12.2 Å². The maximum atomic E-state index is 11.7. The fourth-order valence-electron chi connectivity index (χ4n) is 1.72. The molecular formula is C16H16O4. The van der Waals surface area contributed by atoms with Crippen LogP contribution < -0.4 is 5.63 Å². The first-order valence-electron chi connectivity index (χ1n) is 6.58. The van der Waals surface area contributed by atoms with E-state index in [1.807, 2.05) is 19.1 Å². The second-order valence-electron chi connectivity index (χ2n) is 4.38. The van der Waals surface area contributed by atoms with Crippen molar-refractivity contribution in [1.82, 2.24) is 0 Å². The van der Waals surface area contributed by atoms with Crippen molar-refractivity contribution in [2.45, 2.75) is 19.8 Å². The largest absolute Gasteiger partial charge is 0.463 e. The predicted molar refractivity (Wildman–Crippen MR) is 77.4 cm³/mol. The maximum Gasteiger partial charge on any atom is 0.343 e. The van der Waals surface area contributed by atoms with Crippen molar-refractivity contribution in [3.8, 4) is 0 Å². The van der Waals surface area contributed by atoms with Gasteiger partial charge < -0.3 is 9.15 Å². The third kappa shape index (κ3) is 3.57. The minimum absolute atomic E-state index is 0.330. The topological polar surface area (TPSA) is 56.5 Å². The highest BCUT2D eigenvalue weighted by atomic mass is 16.5. The summed E-state index contributed by atoms with van der Waals surface area (Å²) in [5.74, 6) is -0.453. The van der Waals surface area contributed by atoms with Gasteiger partial charge in [-0.1, -0.05) is 31.5 Å². The molecule has 0 saturated heterocycles. The van der Waals surface area contributed by atoms with Gasteiger partial charge in [0.15, 0.2) is 0 Å². The van der Waals surface area contributed by atoms with E-state index in [0.29, 0.717) is 17.8 Å². The van der Waals surface area contributed by atoms with E-state index in [1.165, 1.54) is 12.2 Å². The second kappa shape index (κ2) is 6.70. The molecule has 0 aliphatic carbocycles. The Morgan fingerprint density at radius 2 is 2.15 bits per heavy atom. The Kier molecular flexibility index (Phi) is 4.71. The average molecular weight is 272 g/mol. The van der Waals surface area contributed by atoms with E-state index in [2.05, 4.69) is 0 Å². The van der Waals surface area contributed by atoms with E-state index in [0.717, 1.165) is 18.2 Å². The quantitative estimate of drug-likeness (QED) is 0.363. The number of fused-ring (bicyclic) bond motifs is 1. The molecule has 20 heavy (non-hydrogen) atoms. The molecule has 0 saturated carbocycles. The Bertz CT molecular complexity index is 682. The summed E-state index contributed by atoms with van der Waals surface area (Å²) < 4.78 is 10.1. The van der Waals surface area contributed by atoms with Gasteiger partial charge in [0.2, 0.25) is 0 Å². The smallest absolute Gasteiger partial charge is 0.343 e. The number of para-hydroxylation sites is 1. The van der Waals surface area contributed by atoms with Crippen LogP contribution in [0.4, 0.5) is 0 Å². The lowest BCUT2D eigenvalue weighted by Gasteiger charge is -1.99. The summed E-state index contributed by atoms with van der Waals surface area (Å²) in [6, 6.07) is 8.91. The first kappa shape index (κ1) is 14.1. The van der Waals surface area contributed by atoms with E-state index in [1.54, 1.807) is 18.2 Å². The van der Waals surface area contributed by atoms with Crippen LogP contribution >= 0.6 is 0 Å². The molecule has 2 aromatic rings. The van der Waals surface area contributed by atoms with E-state index in [-0.39, 0.29) is 0 Å². The van der Waals surface area contributed by atoms with Gasteiger partial charge in [0, 0.05) is 11.5 Å². The summed E-state index contributed by atoms with van der Waals surface area (Å²) in [4.78, 5) is 23.2. The fraction of sp³-hybridized carbons (Fsp3) is 0.250. The van der Waals surface area contributed by atoms with Crippen LogP contribution in [0.1, 0.15) is 25.3 Å². The number of hydrogen-bond donors (Lipinski definition) is 0. The molecule has 1 heterocycles. The summed E-state index contributed by atoms with van der Waals surface area (Å²) in [5.41, 5.74) is 0.387. The van der Waals surface area contributed by atoms with Gasteiger partial charge in [0.1, 0.15) is 5.58 Å². The van der Waals surface area contributed by atoms with E-state index in [9.17, 15) is 9.59 Å². The van der Waals surface area contributed by atoms with Crippen LogP contribution in [0.3, 0.4) is 0 Å². The molecule has 2 rings (SSSR count). The van der Waals surface area contributed by atoms with Crippen molar-refractivity contribution < 1.29 is 13.9 Å². The lowest BCUT2D eigenvalue weighted by molar-refractivity contribution is -0.137. The third-order valence-corrected chi connectivity index (χ3v) is 2.81. The van der Waals surface area contributed by atoms with Crippen LogP contribution in [-0.4, -0.2) is 12.6 Å². The van der Waals surface area contributed by atoms with Gasteiger partial charge in [-0.05, 0) is 24.6 Å². The fourth-order valence-corrected chi connectivity index (χ4v) is 1.72. The van der Waals surface area contributed by atoms with Gasteiger partial charge >= 0.3 is 11.6 Å². The summed E-state index contributed by atoms with van der Waals surface area (Å²) in [6.45, 7) is 2.41. The van der Waals surface area contributed by atoms with Gasteiger partial charge in [0.25, 0.3) is 0 Å². The highest BCUT2D eigenvalue weighted by Crippen LogP contribution is 2.13. The highest BCUT2D eigenvalue weighted by molar-refractivity contribution is 5.88. The zero-order chi connectivity index (χ0) is 14.4. The standard InChI is InChI=1S/C16H16O4/c1-2-3-10-19-15(17)9-8-13-11-12-6-4-5-7-14(12)20-16(13)18/h4-9,11H,2-3,10H2,1H3/b9-8+. The molecule has 0 aliphatic heterocycles. The summed E-state index contributed by atoms with van der Waals surface area (Å²) in [7, 11) is 0. The van der Waals surface area contributed by atoms with Crippen LogP contribution in [0.25, 0.3) is 17.0 Å². The van der Waals surface area contributed by atoms with Crippen LogP contribution in [0, 0.1) is 0 Å². The van der Waals surface area contributed by atoms with Gasteiger partial charge in [-0.25, -0.2) is 9.59 Å². The van der Waals surface area contributed by atoms with Crippen LogP contribution in [-0.2, 0) is 9.53 Å². The Balaban J connectivity index is 2.15. The van der Waals surface area contributed by atoms with Crippen LogP contribution in [0.2, 0.25) is 0 Å². The molecule has 1 aromatic heterocycles.